The second-order valence-corrected chi connectivity index (χ2v) is 7.13. The van der Waals surface area contributed by atoms with E-state index in [-0.39, 0.29) is 11.8 Å². The molecule has 1 unspecified atom stereocenters. The summed E-state index contributed by atoms with van der Waals surface area (Å²) in [6, 6.07) is 17.5. The number of carbonyl (C=O) groups excluding carboxylic acids is 1. The predicted octanol–water partition coefficient (Wildman–Crippen LogP) is 3.88. The predicted molar refractivity (Wildman–Crippen MR) is 99.2 cm³/mol. The van der Waals surface area contributed by atoms with E-state index < -0.39 is 6.10 Å². The summed E-state index contributed by atoms with van der Waals surface area (Å²) in [6.07, 6.45) is 1.24. The van der Waals surface area contributed by atoms with Gasteiger partial charge in [-0.05, 0) is 59.0 Å². The standard InChI is InChI=1S/C19H20INO2/c20-17-9-5-4-8-16(17)19(23)21-12-10-15(11-13-21)18(22)14-6-2-1-3-7-14/h1-9,15,18,22H,10-13H2. The number of hydrogen-bond acceptors (Lipinski definition) is 2. The van der Waals surface area contributed by atoms with Gasteiger partial charge in [0.1, 0.15) is 0 Å². The maximum atomic E-state index is 12.6. The number of aliphatic hydroxyl groups excluding tert-OH is 1. The Hall–Kier alpha value is -1.40. The van der Waals surface area contributed by atoms with Crippen LogP contribution in [0.3, 0.4) is 0 Å². The van der Waals surface area contributed by atoms with Crippen molar-refractivity contribution in [2.75, 3.05) is 13.1 Å². The molecule has 0 aliphatic carbocycles. The van der Waals surface area contributed by atoms with Crippen LogP contribution in [0.4, 0.5) is 0 Å². The van der Waals surface area contributed by atoms with Crippen molar-refractivity contribution in [3.63, 3.8) is 0 Å². The van der Waals surface area contributed by atoms with E-state index in [9.17, 15) is 9.90 Å². The lowest BCUT2D eigenvalue weighted by molar-refractivity contribution is 0.0461. The molecule has 4 heteroatoms. The summed E-state index contributed by atoms with van der Waals surface area (Å²) < 4.78 is 0.988. The third kappa shape index (κ3) is 3.75. The quantitative estimate of drug-likeness (QED) is 0.765. The lowest BCUT2D eigenvalue weighted by Gasteiger charge is -2.34. The minimum absolute atomic E-state index is 0.0997. The molecule has 1 N–H and O–H groups in total. The summed E-state index contributed by atoms with van der Waals surface area (Å²) in [5.74, 6) is 0.318. The molecule has 3 nitrogen and oxygen atoms in total. The summed E-state index contributed by atoms with van der Waals surface area (Å²) >= 11 is 2.21. The molecule has 1 saturated heterocycles. The van der Waals surface area contributed by atoms with E-state index in [1.54, 1.807) is 0 Å². The molecule has 2 aromatic rings. The Morgan fingerprint density at radius 3 is 2.30 bits per heavy atom. The van der Waals surface area contributed by atoms with Crippen LogP contribution in [0.25, 0.3) is 0 Å². The number of hydrogen-bond donors (Lipinski definition) is 1. The van der Waals surface area contributed by atoms with Gasteiger partial charge in [-0.15, -0.1) is 0 Å². The second kappa shape index (κ2) is 7.45. The van der Waals surface area contributed by atoms with E-state index in [1.165, 1.54) is 0 Å². The van der Waals surface area contributed by atoms with E-state index in [0.29, 0.717) is 13.1 Å². The van der Waals surface area contributed by atoms with E-state index >= 15 is 0 Å². The summed E-state index contributed by atoms with van der Waals surface area (Å²) in [5.41, 5.74) is 1.74. The second-order valence-electron chi connectivity index (χ2n) is 5.96. The number of nitrogens with zero attached hydrogens (tertiary/aromatic N) is 1. The molecule has 1 aliphatic heterocycles. The zero-order chi connectivity index (χ0) is 16.2. The molecule has 120 valence electrons. The Bertz CT molecular complexity index is 666. The molecule has 23 heavy (non-hydrogen) atoms. The number of likely N-dealkylation sites (tertiary alicyclic amines) is 1. The molecule has 0 bridgehead atoms. The van der Waals surface area contributed by atoms with Crippen molar-refractivity contribution in [2.24, 2.45) is 5.92 Å². The van der Waals surface area contributed by atoms with Crippen LogP contribution >= 0.6 is 22.6 Å². The Morgan fingerprint density at radius 1 is 1.04 bits per heavy atom. The molecule has 1 aliphatic rings. The van der Waals surface area contributed by atoms with Gasteiger partial charge in [0.15, 0.2) is 0 Å². The average molecular weight is 421 g/mol. The van der Waals surface area contributed by atoms with Crippen LogP contribution in [0.2, 0.25) is 0 Å². The number of aliphatic hydroxyl groups is 1. The van der Waals surface area contributed by atoms with Gasteiger partial charge in [-0.3, -0.25) is 4.79 Å². The molecule has 1 atom stereocenters. The van der Waals surface area contributed by atoms with Crippen LogP contribution in [-0.4, -0.2) is 29.0 Å². The Balaban J connectivity index is 1.62. The Kier molecular flexibility index (Phi) is 5.33. The monoisotopic (exact) mass is 421 g/mol. The van der Waals surface area contributed by atoms with Gasteiger partial charge < -0.3 is 10.0 Å². The normalized spacial score (nSPS) is 17.0. The maximum Gasteiger partial charge on any atom is 0.254 e. The van der Waals surface area contributed by atoms with Gasteiger partial charge >= 0.3 is 0 Å². The third-order valence-corrected chi connectivity index (χ3v) is 5.46. The van der Waals surface area contributed by atoms with E-state index in [1.807, 2.05) is 59.5 Å². The average Bonchev–Trinajstić information content (AvgIpc) is 2.62. The molecule has 0 radical (unpaired) electrons. The highest BCUT2D eigenvalue weighted by atomic mass is 127. The molecule has 3 rings (SSSR count). The highest BCUT2D eigenvalue weighted by molar-refractivity contribution is 14.1. The first-order valence-electron chi connectivity index (χ1n) is 7.93. The largest absolute Gasteiger partial charge is 0.388 e. The summed E-state index contributed by atoms with van der Waals surface area (Å²) in [7, 11) is 0. The molecule has 1 fully saturated rings. The first-order valence-corrected chi connectivity index (χ1v) is 9.01. The van der Waals surface area contributed by atoms with Gasteiger partial charge in [0.2, 0.25) is 0 Å². The molecular weight excluding hydrogens is 401 g/mol. The fourth-order valence-corrected chi connectivity index (χ4v) is 3.76. The first kappa shape index (κ1) is 16.5. The maximum absolute atomic E-state index is 12.6. The molecule has 0 aromatic heterocycles. The van der Waals surface area contributed by atoms with Crippen LogP contribution < -0.4 is 0 Å². The lowest BCUT2D eigenvalue weighted by atomic mass is 9.87. The molecular formula is C19H20INO2. The van der Waals surface area contributed by atoms with Crippen molar-refractivity contribution in [3.05, 3.63) is 69.3 Å². The van der Waals surface area contributed by atoms with Gasteiger partial charge in [-0.1, -0.05) is 42.5 Å². The van der Waals surface area contributed by atoms with Crippen LogP contribution in [-0.2, 0) is 0 Å². The van der Waals surface area contributed by atoms with Crippen molar-refractivity contribution in [3.8, 4) is 0 Å². The summed E-state index contributed by atoms with van der Waals surface area (Å²) in [5, 5.41) is 10.5. The molecule has 2 aromatic carbocycles. The first-order chi connectivity index (χ1) is 11.2. The molecule has 0 saturated carbocycles. The van der Waals surface area contributed by atoms with Crippen LogP contribution in [0.15, 0.2) is 54.6 Å². The van der Waals surface area contributed by atoms with Crippen molar-refractivity contribution in [2.45, 2.75) is 18.9 Å². The van der Waals surface area contributed by atoms with Gasteiger partial charge in [0.25, 0.3) is 5.91 Å². The van der Waals surface area contributed by atoms with E-state index in [0.717, 1.165) is 27.5 Å². The summed E-state index contributed by atoms with van der Waals surface area (Å²) in [4.78, 5) is 14.5. The fraction of sp³-hybridized carbons (Fsp3) is 0.316. The van der Waals surface area contributed by atoms with Crippen molar-refractivity contribution in [1.82, 2.24) is 4.90 Å². The zero-order valence-corrected chi connectivity index (χ0v) is 15.0. The number of halogens is 1. The summed E-state index contributed by atoms with van der Waals surface area (Å²) in [6.45, 7) is 1.41. The van der Waals surface area contributed by atoms with Crippen molar-refractivity contribution in [1.29, 1.82) is 0 Å². The SMILES string of the molecule is O=C(c1ccccc1I)N1CCC(C(O)c2ccccc2)CC1. The number of carbonyl (C=O) groups is 1. The smallest absolute Gasteiger partial charge is 0.254 e. The fourth-order valence-electron chi connectivity index (χ4n) is 3.15. The molecule has 1 heterocycles. The number of amides is 1. The topological polar surface area (TPSA) is 40.5 Å². The minimum Gasteiger partial charge on any atom is -0.388 e. The number of piperidine rings is 1. The molecule has 0 spiro atoms. The Labute approximate surface area is 150 Å². The van der Waals surface area contributed by atoms with Crippen molar-refractivity contribution < 1.29 is 9.90 Å². The van der Waals surface area contributed by atoms with Crippen LogP contribution in [0.1, 0.15) is 34.9 Å². The van der Waals surface area contributed by atoms with Gasteiger partial charge in [-0.25, -0.2) is 0 Å². The van der Waals surface area contributed by atoms with Crippen LogP contribution in [0.5, 0.6) is 0 Å². The van der Waals surface area contributed by atoms with Gasteiger partial charge in [0.05, 0.1) is 11.7 Å². The lowest BCUT2D eigenvalue weighted by Crippen LogP contribution is -2.40. The highest BCUT2D eigenvalue weighted by Gasteiger charge is 2.29. The van der Waals surface area contributed by atoms with Gasteiger partial charge in [-0.2, -0.15) is 0 Å². The van der Waals surface area contributed by atoms with Crippen LogP contribution in [0, 0.1) is 9.49 Å². The third-order valence-electron chi connectivity index (χ3n) is 4.52. The number of rotatable bonds is 3. The molecule has 1 amide bonds. The highest BCUT2D eigenvalue weighted by Crippen LogP contribution is 2.31. The Morgan fingerprint density at radius 2 is 1.65 bits per heavy atom. The number of benzene rings is 2. The van der Waals surface area contributed by atoms with E-state index in [4.69, 9.17) is 0 Å². The minimum atomic E-state index is -0.440. The van der Waals surface area contributed by atoms with E-state index in [2.05, 4.69) is 22.6 Å². The van der Waals surface area contributed by atoms with Gasteiger partial charge in [0, 0.05) is 16.7 Å². The zero-order valence-electron chi connectivity index (χ0n) is 12.9. The van der Waals surface area contributed by atoms with Crippen molar-refractivity contribution >= 4 is 28.5 Å².